The van der Waals surface area contributed by atoms with Crippen LogP contribution < -0.4 is 0 Å². The number of hydrogen-bond acceptors (Lipinski definition) is 1. The lowest BCUT2D eigenvalue weighted by atomic mass is 10.1. The molecule has 0 saturated carbocycles. The fourth-order valence-electron chi connectivity index (χ4n) is 2.09. The Bertz CT molecular complexity index is 769. The number of halogens is 3. The Morgan fingerprint density at radius 2 is 1.76 bits per heavy atom. The standard InChI is InChI=1S/C16H11BrF2N2/c17-16-15(12-6-7-13(18)14(19)8-12)20-10-21(16)9-11-4-2-1-3-5-11/h1-8,10H,9H2. The molecule has 0 radical (unpaired) electrons. The smallest absolute Gasteiger partial charge is 0.159 e. The van der Waals surface area contributed by atoms with Crippen molar-refractivity contribution in [3.8, 4) is 11.3 Å². The lowest BCUT2D eigenvalue weighted by Crippen LogP contribution is -1.98. The molecule has 0 aliphatic heterocycles. The third-order valence-corrected chi connectivity index (χ3v) is 3.99. The van der Waals surface area contributed by atoms with E-state index in [1.165, 1.54) is 6.07 Å². The Morgan fingerprint density at radius 1 is 1.00 bits per heavy atom. The fourth-order valence-corrected chi connectivity index (χ4v) is 2.64. The number of benzene rings is 2. The van der Waals surface area contributed by atoms with Crippen LogP contribution in [0.4, 0.5) is 8.78 Å². The van der Waals surface area contributed by atoms with Gasteiger partial charge in [0.25, 0.3) is 0 Å². The van der Waals surface area contributed by atoms with Crippen molar-refractivity contribution < 1.29 is 8.78 Å². The number of imidazole rings is 1. The summed E-state index contributed by atoms with van der Waals surface area (Å²) in [5, 5.41) is 0. The van der Waals surface area contributed by atoms with E-state index in [1.807, 2.05) is 34.9 Å². The lowest BCUT2D eigenvalue weighted by molar-refractivity contribution is 0.509. The first-order chi connectivity index (χ1) is 10.1. The third kappa shape index (κ3) is 2.88. The van der Waals surface area contributed by atoms with Gasteiger partial charge >= 0.3 is 0 Å². The summed E-state index contributed by atoms with van der Waals surface area (Å²) in [6.45, 7) is 0.651. The van der Waals surface area contributed by atoms with E-state index < -0.39 is 11.6 Å². The van der Waals surface area contributed by atoms with E-state index in [1.54, 1.807) is 6.33 Å². The molecule has 1 heterocycles. The number of rotatable bonds is 3. The second-order valence-corrected chi connectivity index (χ2v) is 5.38. The Morgan fingerprint density at radius 3 is 2.48 bits per heavy atom. The highest BCUT2D eigenvalue weighted by Crippen LogP contribution is 2.28. The molecule has 21 heavy (non-hydrogen) atoms. The number of aromatic nitrogens is 2. The summed E-state index contributed by atoms with van der Waals surface area (Å²) in [7, 11) is 0. The first kappa shape index (κ1) is 13.9. The Labute approximate surface area is 129 Å². The summed E-state index contributed by atoms with van der Waals surface area (Å²) in [4.78, 5) is 4.28. The lowest BCUT2D eigenvalue weighted by Gasteiger charge is -2.05. The molecule has 0 atom stereocenters. The zero-order valence-electron chi connectivity index (χ0n) is 10.9. The van der Waals surface area contributed by atoms with Crippen molar-refractivity contribution in [2.75, 3.05) is 0 Å². The molecule has 0 saturated heterocycles. The summed E-state index contributed by atoms with van der Waals surface area (Å²) in [5.41, 5.74) is 2.25. The van der Waals surface area contributed by atoms with Crippen molar-refractivity contribution in [1.29, 1.82) is 0 Å². The van der Waals surface area contributed by atoms with Gasteiger partial charge < -0.3 is 4.57 Å². The van der Waals surface area contributed by atoms with E-state index in [0.29, 0.717) is 17.8 Å². The Hall–Kier alpha value is -2.01. The molecule has 1 aromatic heterocycles. The number of hydrogen-bond donors (Lipinski definition) is 0. The van der Waals surface area contributed by atoms with Crippen LogP contribution in [0.5, 0.6) is 0 Å². The van der Waals surface area contributed by atoms with Gasteiger partial charge in [0.05, 0.1) is 6.33 Å². The van der Waals surface area contributed by atoms with Crippen LogP contribution in [0.2, 0.25) is 0 Å². The predicted molar refractivity (Wildman–Crippen MR) is 80.8 cm³/mol. The highest BCUT2D eigenvalue weighted by Gasteiger charge is 2.12. The van der Waals surface area contributed by atoms with Crippen LogP contribution in [-0.2, 0) is 6.54 Å². The largest absolute Gasteiger partial charge is 0.320 e. The first-order valence-corrected chi connectivity index (χ1v) is 7.14. The van der Waals surface area contributed by atoms with Crippen molar-refractivity contribution in [3.05, 3.63) is 76.7 Å². The summed E-state index contributed by atoms with van der Waals surface area (Å²) >= 11 is 3.47. The quantitative estimate of drug-likeness (QED) is 0.674. The minimum Gasteiger partial charge on any atom is -0.320 e. The van der Waals surface area contributed by atoms with Crippen LogP contribution in [0, 0.1) is 11.6 Å². The van der Waals surface area contributed by atoms with Gasteiger partial charge in [-0.05, 0) is 39.7 Å². The summed E-state index contributed by atoms with van der Waals surface area (Å²) in [6, 6.07) is 13.7. The number of nitrogens with zero attached hydrogens (tertiary/aromatic N) is 2. The normalized spacial score (nSPS) is 10.8. The first-order valence-electron chi connectivity index (χ1n) is 6.35. The topological polar surface area (TPSA) is 17.8 Å². The average molecular weight is 349 g/mol. The molecule has 0 aliphatic rings. The minimum absolute atomic E-state index is 0.535. The van der Waals surface area contributed by atoms with Crippen molar-refractivity contribution >= 4 is 15.9 Å². The van der Waals surface area contributed by atoms with Crippen molar-refractivity contribution in [2.45, 2.75) is 6.54 Å². The van der Waals surface area contributed by atoms with Crippen LogP contribution >= 0.6 is 15.9 Å². The molecule has 3 rings (SSSR count). The zero-order chi connectivity index (χ0) is 14.8. The van der Waals surface area contributed by atoms with Crippen LogP contribution in [0.25, 0.3) is 11.3 Å². The van der Waals surface area contributed by atoms with Crippen LogP contribution in [0.3, 0.4) is 0 Å². The summed E-state index contributed by atoms with van der Waals surface area (Å²) in [6.07, 6.45) is 1.67. The van der Waals surface area contributed by atoms with Crippen LogP contribution in [-0.4, -0.2) is 9.55 Å². The van der Waals surface area contributed by atoms with Gasteiger partial charge in [-0.3, -0.25) is 0 Å². The monoisotopic (exact) mass is 348 g/mol. The van der Waals surface area contributed by atoms with Gasteiger partial charge in [-0.25, -0.2) is 13.8 Å². The van der Waals surface area contributed by atoms with E-state index in [2.05, 4.69) is 20.9 Å². The van der Waals surface area contributed by atoms with Gasteiger partial charge in [0, 0.05) is 12.1 Å². The van der Waals surface area contributed by atoms with E-state index in [0.717, 1.165) is 22.3 Å². The van der Waals surface area contributed by atoms with Crippen molar-refractivity contribution in [1.82, 2.24) is 9.55 Å². The molecule has 0 bridgehead atoms. The van der Waals surface area contributed by atoms with Gasteiger partial charge in [-0.15, -0.1) is 0 Å². The molecule has 0 spiro atoms. The molecular weight excluding hydrogens is 338 g/mol. The van der Waals surface area contributed by atoms with Gasteiger partial charge in [-0.2, -0.15) is 0 Å². The van der Waals surface area contributed by atoms with Crippen LogP contribution in [0.1, 0.15) is 5.56 Å². The second-order valence-electron chi connectivity index (χ2n) is 4.63. The minimum atomic E-state index is -0.878. The van der Waals surface area contributed by atoms with E-state index in [4.69, 9.17) is 0 Å². The molecule has 0 aliphatic carbocycles. The van der Waals surface area contributed by atoms with Gasteiger partial charge in [0.2, 0.25) is 0 Å². The maximum Gasteiger partial charge on any atom is 0.159 e. The summed E-state index contributed by atoms with van der Waals surface area (Å²) in [5.74, 6) is -1.74. The molecule has 0 fully saturated rings. The fraction of sp³-hybridized carbons (Fsp3) is 0.0625. The highest BCUT2D eigenvalue weighted by atomic mass is 79.9. The maximum absolute atomic E-state index is 13.3. The zero-order valence-corrected chi connectivity index (χ0v) is 12.5. The van der Waals surface area contributed by atoms with E-state index in [-0.39, 0.29) is 0 Å². The molecule has 0 N–H and O–H groups in total. The van der Waals surface area contributed by atoms with Gasteiger partial charge in [0.1, 0.15) is 10.3 Å². The maximum atomic E-state index is 13.3. The van der Waals surface area contributed by atoms with Gasteiger partial charge in [0.15, 0.2) is 11.6 Å². The SMILES string of the molecule is Fc1ccc(-c2ncn(Cc3ccccc3)c2Br)cc1F. The molecule has 106 valence electrons. The molecule has 2 nitrogen and oxygen atoms in total. The van der Waals surface area contributed by atoms with Crippen LogP contribution in [0.15, 0.2) is 59.5 Å². The van der Waals surface area contributed by atoms with E-state index in [9.17, 15) is 8.78 Å². The van der Waals surface area contributed by atoms with Gasteiger partial charge in [-0.1, -0.05) is 30.3 Å². The highest BCUT2D eigenvalue weighted by molar-refractivity contribution is 9.10. The average Bonchev–Trinajstić information content (AvgIpc) is 2.84. The second kappa shape index (κ2) is 5.77. The van der Waals surface area contributed by atoms with Crippen molar-refractivity contribution in [2.24, 2.45) is 0 Å². The Balaban J connectivity index is 1.93. The Kier molecular flexibility index (Phi) is 3.84. The third-order valence-electron chi connectivity index (χ3n) is 3.16. The predicted octanol–water partition coefficient (Wildman–Crippen LogP) is 4.64. The molecule has 5 heteroatoms. The molecule has 3 aromatic rings. The summed E-state index contributed by atoms with van der Waals surface area (Å²) < 4.78 is 29.0. The molecular formula is C16H11BrF2N2. The molecule has 2 aromatic carbocycles. The molecule has 0 unspecified atom stereocenters. The molecule has 0 amide bonds. The van der Waals surface area contributed by atoms with E-state index >= 15 is 0 Å². The van der Waals surface area contributed by atoms with Crippen molar-refractivity contribution in [3.63, 3.8) is 0 Å².